The molecule has 0 bridgehead atoms. The van der Waals surface area contributed by atoms with E-state index in [1.807, 2.05) is 63.2 Å². The molecule has 0 fully saturated rings. The van der Waals surface area contributed by atoms with Gasteiger partial charge in [-0.1, -0.05) is 94.2 Å². The smallest absolute Gasteiger partial charge is 0.335 e. The van der Waals surface area contributed by atoms with E-state index in [0.717, 1.165) is 62.7 Å². The molecule has 4 rings (SSSR count). The summed E-state index contributed by atoms with van der Waals surface area (Å²) in [5.41, 5.74) is 6.62. The van der Waals surface area contributed by atoms with Crippen LogP contribution in [0.3, 0.4) is 0 Å². The molecule has 0 saturated heterocycles. The lowest BCUT2D eigenvalue weighted by molar-refractivity contribution is -0.129. The third kappa shape index (κ3) is 7.17. The number of aryl methyl sites for hydroxylation is 3. The maximum absolute atomic E-state index is 11.9. The molecule has 0 aliphatic rings. The fraction of sp³-hybridized carbons (Fsp3) is 0.195. The highest BCUT2D eigenvalue weighted by Gasteiger charge is 2.33. The van der Waals surface area contributed by atoms with E-state index in [1.165, 1.54) is 0 Å². The van der Waals surface area contributed by atoms with Gasteiger partial charge in [0.15, 0.2) is 0 Å². The van der Waals surface area contributed by atoms with E-state index in [1.54, 1.807) is 12.1 Å². The average Bonchev–Trinajstić information content (AvgIpc) is 3.06. The van der Waals surface area contributed by atoms with Gasteiger partial charge in [-0.25, -0.2) is 14.4 Å². The van der Waals surface area contributed by atoms with Crippen molar-refractivity contribution < 1.29 is 28.6 Å². The van der Waals surface area contributed by atoms with Gasteiger partial charge in [0, 0.05) is 29.1 Å². The molecule has 4 aromatic rings. The van der Waals surface area contributed by atoms with E-state index in [-0.39, 0.29) is 5.41 Å². The van der Waals surface area contributed by atoms with Gasteiger partial charge in [0.1, 0.15) is 17.2 Å². The van der Waals surface area contributed by atoms with Crippen LogP contribution in [-0.2, 0) is 25.2 Å². The van der Waals surface area contributed by atoms with Crippen molar-refractivity contribution in [2.45, 2.75) is 52.4 Å². The molecule has 0 atom stereocenters. The largest absolute Gasteiger partial charge is 0.423 e. The predicted molar refractivity (Wildman–Crippen MR) is 185 cm³/mol. The van der Waals surface area contributed by atoms with E-state index in [0.29, 0.717) is 17.2 Å². The van der Waals surface area contributed by atoms with Gasteiger partial charge in [0.2, 0.25) is 0 Å². The summed E-state index contributed by atoms with van der Waals surface area (Å²) < 4.78 is 16.3. The molecule has 0 heterocycles. The first-order valence-corrected chi connectivity index (χ1v) is 15.2. The van der Waals surface area contributed by atoms with Gasteiger partial charge in [-0.15, -0.1) is 0 Å². The predicted octanol–water partition coefficient (Wildman–Crippen LogP) is 8.57. The van der Waals surface area contributed by atoms with Crippen LogP contribution in [0.2, 0.25) is 0 Å². The second-order valence-corrected chi connectivity index (χ2v) is 12.1. The lowest BCUT2D eigenvalue weighted by atomic mass is 9.69. The van der Waals surface area contributed by atoms with E-state index in [4.69, 9.17) is 14.2 Å². The van der Waals surface area contributed by atoms with E-state index < -0.39 is 23.3 Å². The zero-order valence-electron chi connectivity index (χ0n) is 27.8. The van der Waals surface area contributed by atoms with Crippen molar-refractivity contribution in [3.05, 3.63) is 161 Å². The second kappa shape index (κ2) is 13.9. The molecule has 6 heteroatoms. The number of benzene rings is 4. The number of ether oxygens (including phenoxy) is 3. The minimum atomic E-state index is -0.645. The van der Waals surface area contributed by atoms with Crippen molar-refractivity contribution in [1.29, 1.82) is 0 Å². The minimum absolute atomic E-state index is 0.360. The highest BCUT2D eigenvalue weighted by Crippen LogP contribution is 2.43. The van der Waals surface area contributed by atoms with E-state index in [2.05, 4.69) is 64.8 Å². The number of esters is 3. The number of carbonyl (C=O) groups excluding carboxylic acids is 3. The van der Waals surface area contributed by atoms with Crippen LogP contribution in [0.15, 0.2) is 117 Å². The van der Waals surface area contributed by atoms with Crippen LogP contribution in [0.1, 0.15) is 65.3 Å². The number of rotatable bonds is 11. The lowest BCUT2D eigenvalue weighted by Crippen LogP contribution is -2.26. The minimum Gasteiger partial charge on any atom is -0.423 e. The Kier molecular flexibility index (Phi) is 10.2. The molecule has 0 aliphatic carbocycles. The fourth-order valence-corrected chi connectivity index (χ4v) is 5.64. The summed E-state index contributed by atoms with van der Waals surface area (Å²) in [6.07, 6.45) is 3.42. The van der Waals surface area contributed by atoms with Crippen molar-refractivity contribution in [1.82, 2.24) is 0 Å². The summed E-state index contributed by atoms with van der Waals surface area (Å²) in [6.45, 7) is 22.6. The van der Waals surface area contributed by atoms with Crippen molar-refractivity contribution in [3.8, 4) is 17.2 Å². The third-order valence-corrected chi connectivity index (χ3v) is 8.72. The van der Waals surface area contributed by atoms with Crippen molar-refractivity contribution in [2.75, 3.05) is 0 Å². The number of hydrogen-bond donors (Lipinski definition) is 0. The summed E-state index contributed by atoms with van der Waals surface area (Å²) in [7, 11) is 0. The molecule has 6 nitrogen and oxygen atoms in total. The van der Waals surface area contributed by atoms with Gasteiger partial charge in [-0.3, -0.25) is 0 Å². The Morgan fingerprint density at radius 3 is 1.13 bits per heavy atom. The molecular weight excluding hydrogens is 588 g/mol. The Balaban J connectivity index is 1.80. The topological polar surface area (TPSA) is 78.9 Å². The molecule has 0 radical (unpaired) electrons. The Morgan fingerprint density at radius 2 is 0.787 bits per heavy atom. The van der Waals surface area contributed by atoms with Crippen molar-refractivity contribution >= 4 is 17.9 Å². The normalized spacial score (nSPS) is 11.3. The van der Waals surface area contributed by atoms with Crippen LogP contribution in [0.5, 0.6) is 17.2 Å². The zero-order chi connectivity index (χ0) is 34.5. The van der Waals surface area contributed by atoms with Crippen LogP contribution < -0.4 is 14.2 Å². The monoisotopic (exact) mass is 628 g/mol. The summed E-state index contributed by atoms with van der Waals surface area (Å²) in [5.74, 6) is -0.122. The SMILES string of the molecule is C=CC(=O)Oc1ccc(C(C)(C)c2ccc(C(C)(c3ccc(OC(=O)C=C)c(C)c3)c3ccc(OC(=O)C=C)c(C)c3)cc2)cc1C. The van der Waals surface area contributed by atoms with Gasteiger partial charge >= 0.3 is 17.9 Å². The maximum Gasteiger partial charge on any atom is 0.335 e. The van der Waals surface area contributed by atoms with Gasteiger partial charge in [0.05, 0.1) is 0 Å². The van der Waals surface area contributed by atoms with E-state index >= 15 is 0 Å². The van der Waals surface area contributed by atoms with Crippen molar-refractivity contribution in [2.24, 2.45) is 0 Å². The number of hydrogen-bond acceptors (Lipinski definition) is 6. The van der Waals surface area contributed by atoms with Crippen LogP contribution in [0, 0.1) is 20.8 Å². The Hall–Kier alpha value is -5.49. The summed E-state index contributed by atoms with van der Waals surface area (Å²) in [6, 6.07) is 25.9. The summed E-state index contributed by atoms with van der Waals surface area (Å²) in [5, 5.41) is 0. The first-order chi connectivity index (χ1) is 22.2. The summed E-state index contributed by atoms with van der Waals surface area (Å²) >= 11 is 0. The lowest BCUT2D eigenvalue weighted by Gasteiger charge is -2.34. The van der Waals surface area contributed by atoms with Crippen molar-refractivity contribution in [3.63, 3.8) is 0 Å². The molecule has 0 amide bonds. The van der Waals surface area contributed by atoms with Crippen LogP contribution in [-0.4, -0.2) is 17.9 Å². The molecule has 47 heavy (non-hydrogen) atoms. The Bertz CT molecular complexity index is 1810. The summed E-state index contributed by atoms with van der Waals surface area (Å²) in [4.78, 5) is 35.6. The van der Waals surface area contributed by atoms with Gasteiger partial charge in [-0.05, 0) is 90.4 Å². The molecule has 0 unspecified atom stereocenters. The highest BCUT2D eigenvalue weighted by atomic mass is 16.5. The van der Waals surface area contributed by atoms with Crippen LogP contribution in [0.4, 0.5) is 0 Å². The van der Waals surface area contributed by atoms with Crippen LogP contribution in [0.25, 0.3) is 0 Å². The molecule has 0 N–H and O–H groups in total. The molecule has 0 aliphatic heterocycles. The maximum atomic E-state index is 11.9. The van der Waals surface area contributed by atoms with E-state index in [9.17, 15) is 14.4 Å². The van der Waals surface area contributed by atoms with Crippen LogP contribution >= 0.6 is 0 Å². The number of carbonyl (C=O) groups is 3. The fourth-order valence-electron chi connectivity index (χ4n) is 5.64. The zero-order valence-corrected chi connectivity index (χ0v) is 27.8. The molecule has 0 spiro atoms. The Morgan fingerprint density at radius 1 is 0.489 bits per heavy atom. The second-order valence-electron chi connectivity index (χ2n) is 12.1. The third-order valence-electron chi connectivity index (χ3n) is 8.72. The van der Waals surface area contributed by atoms with Gasteiger partial charge < -0.3 is 14.2 Å². The highest BCUT2D eigenvalue weighted by molar-refractivity contribution is 5.84. The molecular formula is C41H40O6. The Labute approximate surface area is 277 Å². The standard InChI is InChI=1S/C41H40O6/c1-10-37(42)45-34-20-17-31(23-26(34)4)40(7,8)29-13-15-30(16-14-29)41(9,32-18-21-35(27(5)24-32)46-38(43)11-2)33-19-22-36(28(6)25-33)47-39(44)12-3/h10-25H,1-3H2,4-9H3. The first-order valence-electron chi connectivity index (χ1n) is 15.2. The van der Waals surface area contributed by atoms with Gasteiger partial charge in [0.25, 0.3) is 0 Å². The molecule has 240 valence electrons. The molecule has 0 saturated carbocycles. The van der Waals surface area contributed by atoms with Gasteiger partial charge in [-0.2, -0.15) is 0 Å². The first kappa shape index (κ1) is 34.4. The average molecular weight is 629 g/mol. The quantitative estimate of drug-likeness (QED) is 0.0717. The molecule has 4 aromatic carbocycles. The molecule has 0 aromatic heterocycles.